The smallest absolute Gasteiger partial charge is 0.339 e. The Morgan fingerprint density at radius 2 is 0.950 bits per heavy atom. The van der Waals surface area contributed by atoms with Gasteiger partial charge in [-0.2, -0.15) is 0 Å². The zero-order valence-electron chi connectivity index (χ0n) is 60.4. The fourth-order valence-corrected chi connectivity index (χ4v) is 13.3. The Kier molecular flexibility index (Phi) is 31.8. The number of fused-ring (bicyclic) bond motifs is 2. The third kappa shape index (κ3) is 24.0. The van der Waals surface area contributed by atoms with Gasteiger partial charge in [0.05, 0.1) is 50.2 Å². The number of nitrogens with zero attached hydrogens (tertiary/aromatic N) is 5. The lowest BCUT2D eigenvalue weighted by Gasteiger charge is -2.13. The summed E-state index contributed by atoms with van der Waals surface area (Å²) < 4.78 is 9.51. The molecule has 6 aromatic heterocycles. The van der Waals surface area contributed by atoms with Crippen LogP contribution in [0, 0.1) is 69.2 Å². The first-order valence-electron chi connectivity index (χ1n) is 32.1. The van der Waals surface area contributed by atoms with Crippen molar-refractivity contribution in [2.24, 2.45) is 0 Å². The highest BCUT2D eigenvalue weighted by atomic mass is 36.0. The number of Topliss-reactive ketones (excluding diaryl/α,β-unsaturated/α-hetero) is 2. The minimum atomic E-state index is -3.22. The number of nitrogen functional groups attached to an aromatic ring is 2. The van der Waals surface area contributed by atoms with Gasteiger partial charge < -0.3 is 21.8 Å². The molecule has 0 spiro atoms. The van der Waals surface area contributed by atoms with Crippen LogP contribution in [0.25, 0.3) is 43.2 Å². The van der Waals surface area contributed by atoms with Gasteiger partial charge in [-0.3, -0.25) is 28.5 Å². The summed E-state index contributed by atoms with van der Waals surface area (Å²) in [5.74, 6) is 1.15. The van der Waals surface area contributed by atoms with E-state index in [4.69, 9.17) is 39.7 Å². The molecule has 0 atom stereocenters. The summed E-state index contributed by atoms with van der Waals surface area (Å²) in [6, 6.07) is 24.9. The van der Waals surface area contributed by atoms with Crippen LogP contribution in [-0.2, 0) is 4.57 Å². The van der Waals surface area contributed by atoms with Crippen molar-refractivity contribution in [3.05, 3.63) is 215 Å². The SMILES string of the molecule is CC(=O)c1ccc(C)c(C)c1N.CC(=O)c1ccc(C)c(C)c1NC(=O)c1nc(C(C)C)cs1.CC(C)c1csc(C(=O)Cl)n1.Cc1ccc2c(=O)cc(-c3nc(C(C)C)cs3)[nH]c2c1C.Cc1ccc2c(Cl)cc(-c3nc(C(C)C)cs3)nc2c1C.Cc1cccc(N)c1C.O=P(Cl)(Cl)Cl. The zero-order valence-corrected chi connectivity index (χ0v) is 68.4. The molecule has 6 heterocycles. The Morgan fingerprint density at radius 3 is 1.44 bits per heavy atom. The van der Waals surface area contributed by atoms with E-state index >= 15 is 0 Å². The molecule has 0 aliphatic rings. The predicted octanol–water partition coefficient (Wildman–Crippen LogP) is 23.9. The van der Waals surface area contributed by atoms with Gasteiger partial charge in [-0.05, 0) is 238 Å². The molecule has 0 saturated carbocycles. The number of aryl methyl sites for hydroxylation is 7. The molecule has 101 heavy (non-hydrogen) atoms. The average Bonchev–Trinajstić information content (AvgIpc) is 1.78. The third-order valence-corrected chi connectivity index (χ3v) is 20.5. The minimum Gasteiger partial charge on any atom is -0.399 e. The molecule has 0 saturated heterocycles. The number of pyridine rings is 2. The normalized spacial score (nSPS) is 10.9. The van der Waals surface area contributed by atoms with Crippen LogP contribution in [0.15, 0.2) is 105 Å². The molecule has 5 aromatic carbocycles. The molecule has 0 bridgehead atoms. The van der Waals surface area contributed by atoms with E-state index in [0.717, 1.165) is 105 Å². The maximum absolute atomic E-state index is 12.4. The fourth-order valence-electron chi connectivity index (χ4n) is 9.27. The zero-order chi connectivity index (χ0) is 75.8. The summed E-state index contributed by atoms with van der Waals surface area (Å²) in [5.41, 5.74) is 33.4. The molecule has 0 unspecified atom stereocenters. The number of nitrogens with two attached hydrogens (primary N) is 2. The number of anilines is 3. The van der Waals surface area contributed by atoms with Gasteiger partial charge in [0.1, 0.15) is 15.7 Å². The molecule has 0 radical (unpaired) electrons. The summed E-state index contributed by atoms with van der Waals surface area (Å²) in [7, 11) is 0. The van der Waals surface area contributed by atoms with Crippen LogP contribution in [0.4, 0.5) is 17.1 Å². The fraction of sp³-hybridized carbons (Fsp3) is 0.316. The summed E-state index contributed by atoms with van der Waals surface area (Å²) in [6.07, 6.45) is 0. The van der Waals surface area contributed by atoms with Crippen LogP contribution >= 0.6 is 107 Å². The summed E-state index contributed by atoms with van der Waals surface area (Å²) in [6.45, 7) is 39.8. The highest BCUT2D eigenvalue weighted by Crippen LogP contribution is 2.61. The molecule has 11 aromatic rings. The van der Waals surface area contributed by atoms with E-state index in [1.165, 1.54) is 64.3 Å². The Labute approximate surface area is 633 Å². The Morgan fingerprint density at radius 1 is 0.515 bits per heavy atom. The highest BCUT2D eigenvalue weighted by Gasteiger charge is 2.20. The largest absolute Gasteiger partial charge is 0.399 e. The second kappa shape index (κ2) is 38.0. The monoisotopic (exact) mass is 1560 g/mol. The number of aromatic nitrogens is 6. The Balaban J connectivity index is 0.000000221. The standard InChI is InChI=1S/C17H17ClN2S.C17H20N2O2S.C17H18N2OS.C10H13NO.C8H11N.C7H8ClNOS.Cl3OP/c1-9(2)15-8-21-17(20-15)14-7-13(18)12-6-5-10(3)11(4)16(12)19-14;1-9(2)14-8-22-17(18-14)16(21)19-15-11(4)10(3)6-7-13(15)12(5)20;1-9(2)14-8-21-17(19-14)13-7-15(20)12-6-5-10(3)11(4)16(12)18-13;1-6-4-5-9(8(3)12)10(11)7(6)2;1-6-4-3-5-8(9)7(6)2;1-4(2)5-3-11-7(9-5)6(8)10;1-5(2,3)4/h5-9H,1-4H3;6-9H,1-5H3,(H,19,21);5-9H,1-4H3,(H,18,20);4-5H,11H2,1-3H3;3-5H,9H2,1-2H3;3-4H,1-2H3;. The number of thiazole rings is 4. The molecule has 25 heteroatoms. The Bertz CT molecular complexity index is 4870. The lowest BCUT2D eigenvalue weighted by molar-refractivity contribution is 0.100. The number of carbonyl (C=O) groups is 4. The molecule has 0 aliphatic heterocycles. The number of hydrogen-bond acceptors (Lipinski definition) is 17. The maximum Gasteiger partial charge on any atom is 0.339 e. The van der Waals surface area contributed by atoms with E-state index in [1.54, 1.807) is 40.9 Å². The number of carbonyl (C=O) groups excluding carboxylic acids is 4. The van der Waals surface area contributed by atoms with Crippen molar-refractivity contribution in [3.63, 3.8) is 0 Å². The summed E-state index contributed by atoms with van der Waals surface area (Å²) >= 11 is 31.3. The van der Waals surface area contributed by atoms with Gasteiger partial charge in [-0.1, -0.05) is 109 Å². The number of H-pyrrole nitrogens is 1. The average molecular weight is 1560 g/mol. The van der Waals surface area contributed by atoms with E-state index in [-0.39, 0.29) is 28.8 Å². The number of rotatable bonds is 11. The number of nitrogens with one attached hydrogen (secondary N) is 2. The number of halogens is 5. The third-order valence-electron chi connectivity index (χ3n) is 16.4. The Hall–Kier alpha value is -7.00. The van der Waals surface area contributed by atoms with Gasteiger partial charge in [-0.25, -0.2) is 24.9 Å². The van der Waals surface area contributed by atoms with Crippen molar-refractivity contribution >= 4 is 169 Å². The van der Waals surface area contributed by atoms with Crippen LogP contribution in [0.2, 0.25) is 5.02 Å². The second-order valence-corrected chi connectivity index (χ2v) is 36.0. The van der Waals surface area contributed by atoms with E-state index in [2.05, 4.69) is 142 Å². The first-order chi connectivity index (χ1) is 47.1. The number of ketones is 2. The summed E-state index contributed by atoms with van der Waals surface area (Å²) in [4.78, 5) is 84.1. The molecule has 11 rings (SSSR count). The molecule has 6 N–H and O–H groups in total. The van der Waals surface area contributed by atoms with Crippen LogP contribution in [0.5, 0.6) is 0 Å². The first-order valence-corrected chi connectivity index (χ1v) is 40.8. The van der Waals surface area contributed by atoms with Crippen molar-refractivity contribution in [2.45, 2.75) is 162 Å². The molecule has 15 nitrogen and oxygen atoms in total. The lowest BCUT2D eigenvalue weighted by Crippen LogP contribution is -2.16. The minimum absolute atomic E-state index is 0.0237. The number of benzene rings is 5. The molecular weight excluding hydrogens is 1470 g/mol. The quantitative estimate of drug-likeness (QED) is 0.0408. The van der Waals surface area contributed by atoms with Crippen LogP contribution in [-0.4, -0.2) is 52.6 Å². The number of aromatic amines is 1. The van der Waals surface area contributed by atoms with Crippen molar-refractivity contribution in [1.82, 2.24) is 29.9 Å². The molecule has 0 fully saturated rings. The van der Waals surface area contributed by atoms with E-state index in [9.17, 15) is 28.5 Å². The van der Waals surface area contributed by atoms with Crippen molar-refractivity contribution in [2.75, 3.05) is 16.8 Å². The first kappa shape index (κ1) is 84.7. The van der Waals surface area contributed by atoms with Crippen molar-refractivity contribution < 1.29 is 23.7 Å². The molecule has 0 aliphatic carbocycles. The predicted molar refractivity (Wildman–Crippen MR) is 433 cm³/mol. The van der Waals surface area contributed by atoms with Gasteiger partial charge in [0.25, 0.3) is 11.1 Å². The van der Waals surface area contributed by atoms with E-state index < -0.39 is 10.4 Å². The number of amides is 1. The van der Waals surface area contributed by atoms with Crippen LogP contribution < -0.4 is 22.2 Å². The van der Waals surface area contributed by atoms with Gasteiger partial charge in [0.15, 0.2) is 27.0 Å². The van der Waals surface area contributed by atoms with Gasteiger partial charge in [-0.15, -0.1) is 45.3 Å². The van der Waals surface area contributed by atoms with Gasteiger partial charge in [0.2, 0.25) is 0 Å². The van der Waals surface area contributed by atoms with E-state index in [0.29, 0.717) is 50.3 Å². The lowest BCUT2D eigenvalue weighted by atomic mass is 10.0. The molecule has 536 valence electrons. The molecular formula is C76H87Cl5N9O6PS4. The maximum atomic E-state index is 12.4. The second-order valence-electron chi connectivity index (χ2n) is 25.2. The van der Waals surface area contributed by atoms with E-state index in [1.807, 2.05) is 129 Å². The number of hydrogen-bond donors (Lipinski definition) is 4. The molecule has 1 amide bonds. The summed E-state index contributed by atoms with van der Waals surface area (Å²) in [5, 5.41) is 12.2. The van der Waals surface area contributed by atoms with Crippen LogP contribution in [0.3, 0.4) is 0 Å². The van der Waals surface area contributed by atoms with Crippen molar-refractivity contribution in [3.8, 4) is 21.4 Å². The van der Waals surface area contributed by atoms with Crippen LogP contribution in [0.1, 0.15) is 212 Å². The van der Waals surface area contributed by atoms with Gasteiger partial charge in [0, 0.05) is 60.9 Å². The highest BCUT2D eigenvalue weighted by molar-refractivity contribution is 8.24. The van der Waals surface area contributed by atoms with Crippen molar-refractivity contribution in [1.29, 1.82) is 0 Å². The topological polar surface area (TPSA) is 247 Å². The van der Waals surface area contributed by atoms with Gasteiger partial charge >= 0.3 is 5.20 Å².